The summed E-state index contributed by atoms with van der Waals surface area (Å²) in [5.41, 5.74) is 1.21. The third-order valence-corrected chi connectivity index (χ3v) is 2.23. The van der Waals surface area contributed by atoms with Crippen LogP contribution in [0.4, 0.5) is 5.95 Å². The van der Waals surface area contributed by atoms with E-state index in [9.17, 15) is 0 Å². The molecule has 1 aromatic carbocycles. The second-order valence-electron chi connectivity index (χ2n) is 3.26. The molecule has 1 heterocycles. The van der Waals surface area contributed by atoms with Crippen molar-refractivity contribution in [2.45, 2.75) is 6.54 Å². The summed E-state index contributed by atoms with van der Waals surface area (Å²) in [4.78, 5) is 5.09. The van der Waals surface area contributed by atoms with Gasteiger partial charge in [0.05, 0.1) is 0 Å². The molecule has 0 fully saturated rings. The van der Waals surface area contributed by atoms with Crippen molar-refractivity contribution in [1.29, 1.82) is 0 Å². The first-order valence-corrected chi connectivity index (χ1v) is 4.97. The molecular weight excluding hydrogens is 210 g/mol. The molecule has 0 unspecified atom stereocenters. The Bertz CT molecular complexity index is 477. The van der Waals surface area contributed by atoms with E-state index in [2.05, 4.69) is 22.3 Å². The maximum absolute atomic E-state index is 4.81. The van der Waals surface area contributed by atoms with Crippen LogP contribution < -0.4 is 4.90 Å². The van der Waals surface area contributed by atoms with Crippen LogP contribution in [0.5, 0.6) is 0 Å². The Morgan fingerprint density at radius 1 is 1.40 bits per heavy atom. The third-order valence-electron chi connectivity index (χ3n) is 2.05. The Hall–Kier alpha value is -1.62. The van der Waals surface area contributed by atoms with Crippen molar-refractivity contribution in [1.82, 2.24) is 10.1 Å². The average molecular weight is 221 g/mol. The second-order valence-corrected chi connectivity index (χ2v) is 3.63. The molecule has 0 saturated heterocycles. The van der Waals surface area contributed by atoms with Crippen LogP contribution in [-0.4, -0.2) is 17.2 Å². The van der Waals surface area contributed by atoms with Gasteiger partial charge >= 0.3 is 0 Å². The van der Waals surface area contributed by atoms with Crippen molar-refractivity contribution in [2.75, 3.05) is 11.9 Å². The molecule has 2 aromatic rings. The maximum atomic E-state index is 4.81. The molecule has 4 nitrogen and oxygen atoms in total. The highest BCUT2D eigenvalue weighted by molar-refractivity contribution is 7.71. The van der Waals surface area contributed by atoms with Gasteiger partial charge in [-0.2, -0.15) is 0 Å². The van der Waals surface area contributed by atoms with Gasteiger partial charge in [0.2, 0.25) is 5.95 Å². The first-order chi connectivity index (χ1) is 7.25. The minimum Gasteiger partial charge on any atom is -0.339 e. The number of rotatable bonds is 3. The van der Waals surface area contributed by atoms with Crippen LogP contribution in [-0.2, 0) is 6.54 Å². The van der Waals surface area contributed by atoms with E-state index in [0.29, 0.717) is 10.8 Å². The van der Waals surface area contributed by atoms with Gasteiger partial charge < -0.3 is 9.42 Å². The fraction of sp³-hybridized carbons (Fsp3) is 0.200. The van der Waals surface area contributed by atoms with E-state index in [-0.39, 0.29) is 0 Å². The van der Waals surface area contributed by atoms with Crippen molar-refractivity contribution in [2.24, 2.45) is 0 Å². The Balaban J connectivity index is 2.10. The van der Waals surface area contributed by atoms with Crippen LogP contribution in [0.25, 0.3) is 0 Å². The number of H-pyrrole nitrogens is 1. The third kappa shape index (κ3) is 2.44. The van der Waals surface area contributed by atoms with Crippen molar-refractivity contribution in [3.8, 4) is 0 Å². The zero-order valence-corrected chi connectivity index (χ0v) is 9.12. The van der Waals surface area contributed by atoms with Crippen molar-refractivity contribution in [3.05, 3.63) is 40.7 Å². The summed E-state index contributed by atoms with van der Waals surface area (Å²) in [6, 6.07) is 10.1. The smallest absolute Gasteiger partial charge is 0.296 e. The van der Waals surface area contributed by atoms with E-state index in [4.69, 9.17) is 16.7 Å². The zero-order chi connectivity index (χ0) is 10.7. The van der Waals surface area contributed by atoms with Crippen LogP contribution in [0, 0.1) is 4.84 Å². The molecule has 0 amide bonds. The molecule has 0 aliphatic heterocycles. The zero-order valence-electron chi connectivity index (χ0n) is 8.30. The lowest BCUT2D eigenvalue weighted by Gasteiger charge is -2.14. The molecule has 0 radical (unpaired) electrons. The monoisotopic (exact) mass is 221 g/mol. The highest BCUT2D eigenvalue weighted by Gasteiger charge is 2.05. The number of nitrogens with one attached hydrogen (secondary N) is 1. The van der Waals surface area contributed by atoms with Crippen molar-refractivity contribution in [3.63, 3.8) is 0 Å². The molecule has 15 heavy (non-hydrogen) atoms. The number of hydrogen-bond acceptors (Lipinski definition) is 4. The Morgan fingerprint density at radius 3 is 2.73 bits per heavy atom. The van der Waals surface area contributed by atoms with Crippen LogP contribution in [0.1, 0.15) is 5.56 Å². The molecule has 0 spiro atoms. The molecular formula is C10H11N3OS. The fourth-order valence-electron chi connectivity index (χ4n) is 1.32. The van der Waals surface area contributed by atoms with E-state index in [1.54, 1.807) is 0 Å². The molecule has 0 aliphatic rings. The lowest BCUT2D eigenvalue weighted by Crippen LogP contribution is -2.17. The van der Waals surface area contributed by atoms with E-state index < -0.39 is 0 Å². The topological polar surface area (TPSA) is 45.1 Å². The van der Waals surface area contributed by atoms with Crippen LogP contribution >= 0.6 is 12.2 Å². The van der Waals surface area contributed by atoms with Gasteiger partial charge in [-0.3, -0.25) is 4.98 Å². The van der Waals surface area contributed by atoms with Gasteiger partial charge in [-0.25, -0.2) is 0 Å². The van der Waals surface area contributed by atoms with E-state index in [0.717, 1.165) is 6.54 Å². The van der Waals surface area contributed by atoms with Crippen molar-refractivity contribution < 1.29 is 4.52 Å². The summed E-state index contributed by atoms with van der Waals surface area (Å²) in [7, 11) is 1.93. The number of benzene rings is 1. The van der Waals surface area contributed by atoms with Crippen LogP contribution in [0.2, 0.25) is 0 Å². The summed E-state index contributed by atoms with van der Waals surface area (Å²) in [6.07, 6.45) is 0. The minimum absolute atomic E-state index is 0.296. The Labute approximate surface area is 92.5 Å². The molecule has 0 bridgehead atoms. The molecule has 2 rings (SSSR count). The minimum atomic E-state index is 0.296. The number of hydrogen-bond donors (Lipinski definition) is 1. The van der Waals surface area contributed by atoms with Gasteiger partial charge in [0, 0.05) is 13.6 Å². The Morgan fingerprint density at radius 2 is 2.13 bits per heavy atom. The van der Waals surface area contributed by atoms with Gasteiger partial charge in [0.25, 0.3) is 4.84 Å². The summed E-state index contributed by atoms with van der Waals surface area (Å²) in [5.74, 6) is 0.642. The van der Waals surface area contributed by atoms with Gasteiger partial charge in [-0.05, 0) is 22.9 Å². The van der Waals surface area contributed by atoms with Gasteiger partial charge in [-0.1, -0.05) is 30.3 Å². The fourth-order valence-corrected chi connectivity index (χ4v) is 1.45. The number of anilines is 1. The van der Waals surface area contributed by atoms with Crippen LogP contribution in [0.3, 0.4) is 0 Å². The predicted molar refractivity (Wildman–Crippen MR) is 60.2 cm³/mol. The van der Waals surface area contributed by atoms with Crippen molar-refractivity contribution >= 4 is 18.2 Å². The Kier molecular flexibility index (Phi) is 2.82. The van der Waals surface area contributed by atoms with Gasteiger partial charge in [0.15, 0.2) is 0 Å². The molecule has 5 heteroatoms. The summed E-state index contributed by atoms with van der Waals surface area (Å²) >= 11 is 4.81. The molecule has 0 saturated carbocycles. The quantitative estimate of drug-likeness (QED) is 0.808. The predicted octanol–water partition coefficient (Wildman–Crippen LogP) is 2.37. The standard InChI is InChI=1S/C10H11N3OS/c1-13(9-11-10(15)14-12-9)7-8-5-3-2-4-6-8/h2-6H,7H2,1H3,(H,11,12,15). The number of aromatic nitrogens is 2. The molecule has 0 atom stereocenters. The molecule has 1 N–H and O–H groups in total. The van der Waals surface area contributed by atoms with Gasteiger partial charge in [-0.15, -0.1) is 0 Å². The largest absolute Gasteiger partial charge is 0.339 e. The second kappa shape index (κ2) is 4.27. The normalized spacial score (nSPS) is 10.2. The highest BCUT2D eigenvalue weighted by Crippen LogP contribution is 2.09. The van der Waals surface area contributed by atoms with E-state index in [1.165, 1.54) is 5.56 Å². The SMILES string of the molecule is CN(Cc1ccccc1)c1noc(=S)[nH]1. The summed E-state index contributed by atoms with van der Waals surface area (Å²) in [6.45, 7) is 0.763. The van der Waals surface area contributed by atoms with Crippen LogP contribution in [0.15, 0.2) is 34.9 Å². The first kappa shape index (κ1) is 9.92. The number of nitrogens with zero attached hydrogens (tertiary/aromatic N) is 2. The molecule has 1 aromatic heterocycles. The van der Waals surface area contributed by atoms with Gasteiger partial charge in [0.1, 0.15) is 0 Å². The van der Waals surface area contributed by atoms with E-state index in [1.807, 2.05) is 30.1 Å². The molecule has 0 aliphatic carbocycles. The summed E-state index contributed by atoms with van der Waals surface area (Å²) < 4.78 is 4.79. The first-order valence-electron chi connectivity index (χ1n) is 4.57. The van der Waals surface area contributed by atoms with E-state index >= 15 is 0 Å². The maximum Gasteiger partial charge on any atom is 0.296 e. The number of aromatic amines is 1. The molecule has 78 valence electrons. The average Bonchev–Trinajstić information content (AvgIpc) is 2.66. The lowest BCUT2D eigenvalue weighted by molar-refractivity contribution is 0.404. The highest BCUT2D eigenvalue weighted by atomic mass is 32.1. The lowest BCUT2D eigenvalue weighted by atomic mass is 10.2. The summed E-state index contributed by atoms with van der Waals surface area (Å²) in [5, 5.41) is 3.80.